The molecular weight excluding hydrogens is 234 g/mol. The average Bonchev–Trinajstić information content (AvgIpc) is 2.39. The Hall–Kier alpha value is -1.45. The van der Waals surface area contributed by atoms with Crippen molar-refractivity contribution in [2.75, 3.05) is 13.6 Å². The first kappa shape index (κ1) is 14.0. The van der Waals surface area contributed by atoms with E-state index in [1.54, 1.807) is 0 Å². The van der Waals surface area contributed by atoms with Crippen LogP contribution in [0.2, 0.25) is 0 Å². The zero-order chi connectivity index (χ0) is 13.8. The van der Waals surface area contributed by atoms with Gasteiger partial charge in [-0.1, -0.05) is 18.2 Å². The Bertz CT molecular complexity index is 563. The molecule has 1 heterocycles. The molecule has 0 aliphatic rings. The van der Waals surface area contributed by atoms with Crippen molar-refractivity contribution in [3.63, 3.8) is 0 Å². The lowest BCUT2D eigenvalue weighted by molar-refractivity contribution is 0.523. The summed E-state index contributed by atoms with van der Waals surface area (Å²) in [6.45, 7) is 8.30. The summed E-state index contributed by atoms with van der Waals surface area (Å²) in [4.78, 5) is 4.66. The molecule has 3 nitrogen and oxygen atoms in total. The number of fused-ring (bicyclic) bond motifs is 1. The van der Waals surface area contributed by atoms with Crippen LogP contribution in [-0.4, -0.2) is 24.6 Å². The maximum absolute atomic E-state index is 4.66. The summed E-state index contributed by atoms with van der Waals surface area (Å²) in [5, 5.41) is 8.02. The van der Waals surface area contributed by atoms with Crippen molar-refractivity contribution >= 4 is 10.9 Å². The number of likely N-dealkylation sites (N-methyl/N-ethyl adjacent to an activating group) is 1. The number of pyridine rings is 1. The van der Waals surface area contributed by atoms with Crippen LogP contribution in [0, 0.1) is 13.8 Å². The predicted octanol–water partition coefficient (Wildman–Crippen LogP) is 2.55. The molecule has 1 aromatic carbocycles. The molecule has 102 valence electrons. The van der Waals surface area contributed by atoms with Crippen molar-refractivity contribution in [3.8, 4) is 0 Å². The summed E-state index contributed by atoms with van der Waals surface area (Å²) < 4.78 is 0. The molecule has 2 N–H and O–H groups in total. The lowest BCUT2D eigenvalue weighted by Gasteiger charge is -2.17. The summed E-state index contributed by atoms with van der Waals surface area (Å²) >= 11 is 0. The van der Waals surface area contributed by atoms with E-state index in [0.29, 0.717) is 6.04 Å². The molecule has 0 saturated heterocycles. The normalized spacial score (nSPS) is 12.8. The van der Waals surface area contributed by atoms with Crippen LogP contribution >= 0.6 is 0 Å². The Morgan fingerprint density at radius 2 is 1.95 bits per heavy atom. The van der Waals surface area contributed by atoms with Gasteiger partial charge < -0.3 is 10.6 Å². The molecule has 0 fully saturated rings. The Morgan fingerprint density at radius 3 is 2.68 bits per heavy atom. The number of nitrogens with zero attached hydrogens (tertiary/aromatic N) is 1. The van der Waals surface area contributed by atoms with Gasteiger partial charge in [0.1, 0.15) is 0 Å². The highest BCUT2D eigenvalue weighted by Gasteiger charge is 2.09. The van der Waals surface area contributed by atoms with E-state index in [1.165, 1.54) is 16.5 Å². The number of aromatic nitrogens is 1. The summed E-state index contributed by atoms with van der Waals surface area (Å²) in [7, 11) is 1.98. The van der Waals surface area contributed by atoms with Gasteiger partial charge in [0.25, 0.3) is 0 Å². The monoisotopic (exact) mass is 257 g/mol. The first-order valence-corrected chi connectivity index (χ1v) is 6.86. The van der Waals surface area contributed by atoms with Crippen LogP contribution in [0.1, 0.15) is 23.7 Å². The van der Waals surface area contributed by atoms with Crippen LogP contribution in [0.4, 0.5) is 0 Å². The topological polar surface area (TPSA) is 37.0 Å². The first-order valence-electron chi connectivity index (χ1n) is 6.86. The molecule has 0 saturated carbocycles. The van der Waals surface area contributed by atoms with Crippen LogP contribution in [0.3, 0.4) is 0 Å². The fourth-order valence-electron chi connectivity index (χ4n) is 2.39. The SMILES string of the molecule is CNCC(C)NCc1c(C)c(C)nc2ccccc12. The third-order valence-electron chi connectivity index (χ3n) is 3.65. The number of hydrogen-bond acceptors (Lipinski definition) is 3. The second-order valence-electron chi connectivity index (χ2n) is 5.16. The molecule has 2 aromatic rings. The summed E-state index contributed by atoms with van der Waals surface area (Å²) in [5.74, 6) is 0. The van der Waals surface area contributed by atoms with Crippen molar-refractivity contribution in [1.82, 2.24) is 15.6 Å². The number of nitrogens with one attached hydrogen (secondary N) is 2. The third-order valence-corrected chi connectivity index (χ3v) is 3.65. The summed E-state index contributed by atoms with van der Waals surface area (Å²) in [6.07, 6.45) is 0. The van der Waals surface area contributed by atoms with Gasteiger partial charge in [-0.25, -0.2) is 0 Å². The van der Waals surface area contributed by atoms with Crippen molar-refractivity contribution in [2.45, 2.75) is 33.4 Å². The Balaban J connectivity index is 2.32. The van der Waals surface area contributed by atoms with Crippen molar-refractivity contribution < 1.29 is 0 Å². The minimum Gasteiger partial charge on any atom is -0.318 e. The third kappa shape index (κ3) is 3.11. The van der Waals surface area contributed by atoms with Gasteiger partial charge in [-0.3, -0.25) is 4.98 Å². The minimum absolute atomic E-state index is 0.455. The minimum atomic E-state index is 0.455. The highest BCUT2D eigenvalue weighted by atomic mass is 15.0. The second-order valence-corrected chi connectivity index (χ2v) is 5.16. The van der Waals surface area contributed by atoms with E-state index in [-0.39, 0.29) is 0 Å². The highest BCUT2D eigenvalue weighted by Crippen LogP contribution is 2.22. The van der Waals surface area contributed by atoms with Crippen LogP contribution in [0.15, 0.2) is 24.3 Å². The first-order chi connectivity index (χ1) is 9.13. The van der Waals surface area contributed by atoms with E-state index in [9.17, 15) is 0 Å². The Morgan fingerprint density at radius 1 is 1.21 bits per heavy atom. The van der Waals surface area contributed by atoms with Crippen LogP contribution in [0.5, 0.6) is 0 Å². The lowest BCUT2D eigenvalue weighted by Crippen LogP contribution is -2.34. The van der Waals surface area contributed by atoms with E-state index in [0.717, 1.165) is 24.3 Å². The number of para-hydroxylation sites is 1. The molecule has 0 aliphatic heterocycles. The molecular formula is C16H23N3. The van der Waals surface area contributed by atoms with Gasteiger partial charge in [-0.15, -0.1) is 0 Å². The number of rotatable bonds is 5. The molecule has 1 unspecified atom stereocenters. The molecule has 2 rings (SSSR count). The smallest absolute Gasteiger partial charge is 0.0708 e. The summed E-state index contributed by atoms with van der Waals surface area (Å²) in [5.41, 5.74) is 4.87. The van der Waals surface area contributed by atoms with E-state index in [2.05, 4.69) is 54.6 Å². The standard InChI is InChI=1S/C16H23N3/c1-11(9-17-4)18-10-15-12(2)13(3)19-16-8-6-5-7-14(15)16/h5-8,11,17-18H,9-10H2,1-4H3. The number of hydrogen-bond donors (Lipinski definition) is 2. The van der Waals surface area contributed by atoms with E-state index in [1.807, 2.05) is 13.1 Å². The van der Waals surface area contributed by atoms with E-state index < -0.39 is 0 Å². The van der Waals surface area contributed by atoms with Gasteiger partial charge in [0.05, 0.1) is 5.52 Å². The maximum Gasteiger partial charge on any atom is 0.0708 e. The molecule has 1 atom stereocenters. The van der Waals surface area contributed by atoms with Crippen molar-refractivity contribution in [1.29, 1.82) is 0 Å². The largest absolute Gasteiger partial charge is 0.318 e. The molecule has 0 amide bonds. The quantitative estimate of drug-likeness (QED) is 0.864. The molecule has 0 bridgehead atoms. The van der Waals surface area contributed by atoms with Gasteiger partial charge in [0, 0.05) is 30.2 Å². The molecule has 0 spiro atoms. The fraction of sp³-hybridized carbons (Fsp3) is 0.438. The van der Waals surface area contributed by atoms with Crippen LogP contribution < -0.4 is 10.6 Å². The van der Waals surface area contributed by atoms with Crippen molar-refractivity contribution in [3.05, 3.63) is 41.1 Å². The summed E-state index contributed by atoms with van der Waals surface area (Å²) in [6, 6.07) is 8.83. The van der Waals surface area contributed by atoms with Gasteiger partial charge in [-0.05, 0) is 45.0 Å². The predicted molar refractivity (Wildman–Crippen MR) is 81.4 cm³/mol. The fourth-order valence-corrected chi connectivity index (χ4v) is 2.39. The lowest BCUT2D eigenvalue weighted by atomic mass is 10.0. The molecule has 3 heteroatoms. The van der Waals surface area contributed by atoms with E-state index in [4.69, 9.17) is 0 Å². The zero-order valence-electron chi connectivity index (χ0n) is 12.2. The van der Waals surface area contributed by atoms with Gasteiger partial charge in [0.15, 0.2) is 0 Å². The number of benzene rings is 1. The Kier molecular flexibility index (Phi) is 4.51. The average molecular weight is 257 g/mol. The number of aryl methyl sites for hydroxylation is 1. The van der Waals surface area contributed by atoms with Crippen molar-refractivity contribution in [2.24, 2.45) is 0 Å². The molecule has 0 radical (unpaired) electrons. The molecule has 19 heavy (non-hydrogen) atoms. The van der Waals surface area contributed by atoms with Gasteiger partial charge in [-0.2, -0.15) is 0 Å². The Labute approximate surface area is 115 Å². The van der Waals surface area contributed by atoms with Crippen LogP contribution in [-0.2, 0) is 6.54 Å². The molecule has 1 aromatic heterocycles. The molecule has 0 aliphatic carbocycles. The highest BCUT2D eigenvalue weighted by molar-refractivity contribution is 5.83. The zero-order valence-corrected chi connectivity index (χ0v) is 12.2. The van der Waals surface area contributed by atoms with Gasteiger partial charge >= 0.3 is 0 Å². The van der Waals surface area contributed by atoms with Gasteiger partial charge in [0.2, 0.25) is 0 Å². The second kappa shape index (κ2) is 6.13. The maximum atomic E-state index is 4.66. The van der Waals surface area contributed by atoms with E-state index >= 15 is 0 Å². The van der Waals surface area contributed by atoms with Crippen LogP contribution in [0.25, 0.3) is 10.9 Å².